The molecule has 150 valence electrons. The highest BCUT2D eigenvalue weighted by atomic mass is 16.8. The van der Waals surface area contributed by atoms with Crippen LogP contribution < -0.4 is 10.5 Å². The highest BCUT2D eigenvalue weighted by molar-refractivity contribution is 5.55. The van der Waals surface area contributed by atoms with Gasteiger partial charge in [-0.3, -0.25) is 0 Å². The second-order valence-electron chi connectivity index (χ2n) is 5.12. The summed E-state index contributed by atoms with van der Waals surface area (Å²) in [6.45, 7) is 8.18. The molecular weight excluding hydrogens is 348 g/mol. The molecule has 0 saturated heterocycles. The molecule has 10 heteroatoms. The van der Waals surface area contributed by atoms with Gasteiger partial charge < -0.3 is 29.4 Å². The predicted molar refractivity (Wildman–Crippen MR) is 90.0 cm³/mol. The summed E-state index contributed by atoms with van der Waals surface area (Å²) in [7, 11) is 0. The van der Waals surface area contributed by atoms with Gasteiger partial charge in [0.05, 0.1) is 17.2 Å². The molecule has 10 nitrogen and oxygen atoms in total. The number of ether oxygens (including phenoxy) is 4. The van der Waals surface area contributed by atoms with Gasteiger partial charge in [-0.15, -0.1) is 0 Å². The zero-order valence-electron chi connectivity index (χ0n) is 15.5. The van der Waals surface area contributed by atoms with Crippen molar-refractivity contribution in [3.63, 3.8) is 0 Å². The van der Waals surface area contributed by atoms with Crippen LogP contribution in [0.2, 0.25) is 0 Å². The van der Waals surface area contributed by atoms with Crippen LogP contribution in [0.3, 0.4) is 0 Å². The summed E-state index contributed by atoms with van der Waals surface area (Å²) in [5.74, 6) is 0. The predicted octanol–water partition coefficient (Wildman–Crippen LogP) is 0.637. The number of quaternary nitrogens is 2. The highest BCUT2D eigenvalue weighted by Gasteiger charge is 2.29. The van der Waals surface area contributed by atoms with E-state index in [-0.39, 0.29) is 22.5 Å². The van der Waals surface area contributed by atoms with Gasteiger partial charge in [0.25, 0.3) is 0 Å². The quantitative estimate of drug-likeness (QED) is 0.309. The first-order chi connectivity index (χ1) is 12.4. The normalized spacial score (nSPS) is 14.2. The van der Waals surface area contributed by atoms with Crippen molar-refractivity contribution in [3.8, 4) is 0 Å². The topological polar surface area (TPSA) is 132 Å². The van der Waals surface area contributed by atoms with Gasteiger partial charge in [0, 0.05) is 26.4 Å². The molecule has 1 aromatic rings. The molecule has 26 heavy (non-hydrogen) atoms. The third kappa shape index (κ3) is 5.93. The van der Waals surface area contributed by atoms with Crippen molar-refractivity contribution in [2.45, 2.75) is 40.3 Å². The number of hydrogen-bond donors (Lipinski definition) is 4. The lowest BCUT2D eigenvalue weighted by atomic mass is 10.0. The van der Waals surface area contributed by atoms with Crippen molar-refractivity contribution in [2.24, 2.45) is 0 Å². The Kier molecular flexibility index (Phi) is 10.1. The lowest BCUT2D eigenvalue weighted by Gasteiger charge is -2.27. The molecule has 0 aliphatic heterocycles. The standard InChI is InChI=1S/C16H28N2O8/c1-5-23-15(24-6-2)11-9-12(16(25-7-3)26-8-4)14(18(21)22)10-13(11)17(19)20/h9-10,15-19,21H,5-8H2,1-4H3. The number of hydrogen-bond acceptors (Lipinski definition) is 8. The molecular formula is C16H28N2O8. The lowest BCUT2D eigenvalue weighted by Crippen LogP contribution is -3.01. The Hall–Kier alpha value is -1.18. The van der Waals surface area contributed by atoms with Gasteiger partial charge >= 0.3 is 0 Å². The third-order valence-corrected chi connectivity index (χ3v) is 3.46. The summed E-state index contributed by atoms with van der Waals surface area (Å²) in [6, 6.07) is 2.50. The summed E-state index contributed by atoms with van der Waals surface area (Å²) < 4.78 is 22.0. The van der Waals surface area contributed by atoms with E-state index in [9.17, 15) is 20.8 Å². The Labute approximate surface area is 152 Å². The van der Waals surface area contributed by atoms with Crippen LogP contribution in [0.5, 0.6) is 0 Å². The van der Waals surface area contributed by atoms with Gasteiger partial charge in [0.2, 0.25) is 0 Å². The second-order valence-corrected chi connectivity index (χ2v) is 5.12. The van der Waals surface area contributed by atoms with Crippen molar-refractivity contribution < 1.29 is 39.8 Å². The maximum absolute atomic E-state index is 11.7. The van der Waals surface area contributed by atoms with Crippen LogP contribution in [0.1, 0.15) is 51.4 Å². The molecule has 0 spiro atoms. The van der Waals surface area contributed by atoms with E-state index in [1.807, 2.05) is 0 Å². The number of nitrogens with one attached hydrogen (secondary N) is 2. The molecule has 2 atom stereocenters. The van der Waals surface area contributed by atoms with Gasteiger partial charge in [0.15, 0.2) is 24.0 Å². The SMILES string of the molecule is CCOC(OCC)c1cc(C(OCC)OCC)c([NH+]([O-])O)cc1[NH+]([O-])O. The maximum atomic E-state index is 11.7. The van der Waals surface area contributed by atoms with Crippen molar-refractivity contribution in [2.75, 3.05) is 26.4 Å². The van der Waals surface area contributed by atoms with Crippen LogP contribution in [0.25, 0.3) is 0 Å². The van der Waals surface area contributed by atoms with Crippen molar-refractivity contribution in [1.29, 1.82) is 0 Å². The van der Waals surface area contributed by atoms with E-state index in [1.165, 1.54) is 6.07 Å². The Morgan fingerprint density at radius 1 is 0.731 bits per heavy atom. The Morgan fingerprint density at radius 2 is 1.04 bits per heavy atom. The summed E-state index contributed by atoms with van der Waals surface area (Å²) >= 11 is 0. The molecule has 0 aliphatic carbocycles. The van der Waals surface area contributed by atoms with Crippen LogP contribution in [-0.2, 0) is 18.9 Å². The number of rotatable bonds is 12. The van der Waals surface area contributed by atoms with Gasteiger partial charge in [-0.05, 0) is 33.8 Å². The number of benzene rings is 1. The monoisotopic (exact) mass is 376 g/mol. The lowest BCUT2D eigenvalue weighted by molar-refractivity contribution is -0.996. The van der Waals surface area contributed by atoms with Gasteiger partial charge in [-0.2, -0.15) is 10.5 Å². The summed E-state index contributed by atoms with van der Waals surface area (Å²) in [5, 5.41) is 39.9. The summed E-state index contributed by atoms with van der Waals surface area (Å²) in [6.07, 6.45) is -1.89. The summed E-state index contributed by atoms with van der Waals surface area (Å²) in [4.78, 5) is 0. The van der Waals surface area contributed by atoms with E-state index in [0.29, 0.717) is 26.4 Å². The first-order valence-electron chi connectivity index (χ1n) is 8.51. The maximum Gasteiger partial charge on any atom is 0.189 e. The van der Waals surface area contributed by atoms with Crippen LogP contribution in [0, 0.1) is 10.4 Å². The van der Waals surface area contributed by atoms with Gasteiger partial charge in [0.1, 0.15) is 0 Å². The van der Waals surface area contributed by atoms with E-state index < -0.39 is 23.0 Å². The van der Waals surface area contributed by atoms with E-state index in [2.05, 4.69) is 0 Å². The molecule has 2 unspecified atom stereocenters. The molecule has 1 rings (SSSR count). The van der Waals surface area contributed by atoms with E-state index in [4.69, 9.17) is 18.9 Å². The van der Waals surface area contributed by atoms with Crippen LogP contribution in [0.4, 0.5) is 11.4 Å². The van der Waals surface area contributed by atoms with E-state index in [1.54, 1.807) is 27.7 Å². The minimum atomic E-state index is -1.28. The molecule has 0 saturated carbocycles. The van der Waals surface area contributed by atoms with Crippen molar-refractivity contribution in [1.82, 2.24) is 0 Å². The van der Waals surface area contributed by atoms with Crippen molar-refractivity contribution in [3.05, 3.63) is 33.7 Å². The fourth-order valence-corrected chi connectivity index (χ4v) is 2.46. The zero-order chi connectivity index (χ0) is 19.7. The van der Waals surface area contributed by atoms with Crippen molar-refractivity contribution >= 4 is 11.4 Å². The van der Waals surface area contributed by atoms with Crippen LogP contribution in [0.15, 0.2) is 12.1 Å². The fourth-order valence-electron chi connectivity index (χ4n) is 2.46. The minimum Gasteiger partial charge on any atom is -0.595 e. The fraction of sp³-hybridized carbons (Fsp3) is 0.625. The molecule has 1 aromatic carbocycles. The van der Waals surface area contributed by atoms with Gasteiger partial charge in [-0.1, -0.05) is 0 Å². The van der Waals surface area contributed by atoms with E-state index >= 15 is 0 Å². The Morgan fingerprint density at radius 3 is 1.27 bits per heavy atom. The van der Waals surface area contributed by atoms with E-state index in [0.717, 1.165) is 6.07 Å². The Bertz CT molecular complexity index is 486. The molecule has 4 N–H and O–H groups in total. The first kappa shape index (κ1) is 22.9. The summed E-state index contributed by atoms with van der Waals surface area (Å²) in [5.41, 5.74) is 0.0193. The highest BCUT2D eigenvalue weighted by Crippen LogP contribution is 2.33. The van der Waals surface area contributed by atoms with Gasteiger partial charge in [-0.25, -0.2) is 10.4 Å². The molecule has 0 heterocycles. The largest absolute Gasteiger partial charge is 0.595 e. The molecule has 0 bridgehead atoms. The molecule has 0 aliphatic rings. The minimum absolute atomic E-state index is 0.204. The molecule has 0 radical (unpaired) electrons. The molecule has 0 amide bonds. The second kappa shape index (κ2) is 11.5. The van der Waals surface area contributed by atoms with Crippen LogP contribution in [-0.4, -0.2) is 36.8 Å². The zero-order valence-corrected chi connectivity index (χ0v) is 15.5. The van der Waals surface area contributed by atoms with Crippen LogP contribution >= 0.6 is 0 Å². The molecule has 0 aromatic heterocycles. The first-order valence-corrected chi connectivity index (χ1v) is 8.51. The third-order valence-electron chi connectivity index (χ3n) is 3.46. The average Bonchev–Trinajstić information content (AvgIpc) is 2.60. The smallest absolute Gasteiger partial charge is 0.189 e. The molecule has 0 fully saturated rings. The average molecular weight is 376 g/mol. The Balaban J connectivity index is 3.57.